The Balaban J connectivity index is 2.29. The summed E-state index contributed by atoms with van der Waals surface area (Å²) in [5, 5.41) is 10.3. The highest BCUT2D eigenvalue weighted by atomic mass is 35.5. The summed E-state index contributed by atoms with van der Waals surface area (Å²) in [7, 11) is -3.63. The third-order valence-corrected chi connectivity index (χ3v) is 6.01. The Morgan fingerprint density at radius 2 is 2.00 bits per heavy atom. The van der Waals surface area contributed by atoms with Gasteiger partial charge in [-0.1, -0.05) is 30.1 Å². The number of aliphatic hydroxyl groups is 1. The van der Waals surface area contributed by atoms with Gasteiger partial charge in [-0.3, -0.25) is 0 Å². The van der Waals surface area contributed by atoms with E-state index in [1.165, 1.54) is 22.5 Å². The van der Waals surface area contributed by atoms with Crippen molar-refractivity contribution in [2.45, 2.75) is 24.3 Å². The van der Waals surface area contributed by atoms with E-state index >= 15 is 0 Å². The lowest BCUT2D eigenvalue weighted by atomic mass is 9.98. The van der Waals surface area contributed by atoms with E-state index in [0.717, 1.165) is 0 Å². The van der Waals surface area contributed by atoms with Gasteiger partial charge in [0.15, 0.2) is 0 Å². The topological polar surface area (TPSA) is 57.6 Å². The highest BCUT2D eigenvalue weighted by Crippen LogP contribution is 2.28. The SMILES string of the molecule is CC1CCN(S(=O)(=O)c2ccc(Cl)c(Cl)c2)CC1O. The van der Waals surface area contributed by atoms with Crippen molar-refractivity contribution in [1.82, 2.24) is 4.31 Å². The summed E-state index contributed by atoms with van der Waals surface area (Å²) in [5.41, 5.74) is 0. The Hall–Kier alpha value is -0.330. The maximum absolute atomic E-state index is 12.4. The number of aliphatic hydroxyl groups excluding tert-OH is 1. The highest BCUT2D eigenvalue weighted by molar-refractivity contribution is 7.89. The van der Waals surface area contributed by atoms with Gasteiger partial charge >= 0.3 is 0 Å². The Labute approximate surface area is 123 Å². The van der Waals surface area contributed by atoms with Gasteiger partial charge < -0.3 is 5.11 Å². The van der Waals surface area contributed by atoms with Gasteiger partial charge in [0.1, 0.15) is 0 Å². The number of nitrogens with zero attached hydrogens (tertiary/aromatic N) is 1. The molecule has 2 atom stereocenters. The first-order chi connectivity index (χ1) is 8.82. The average molecular weight is 324 g/mol. The fraction of sp³-hybridized carbons (Fsp3) is 0.500. The Bertz CT molecular complexity index is 576. The number of sulfonamides is 1. The molecule has 7 heteroatoms. The van der Waals surface area contributed by atoms with Gasteiger partial charge in [-0.25, -0.2) is 8.42 Å². The van der Waals surface area contributed by atoms with Crippen LogP contribution in [0.25, 0.3) is 0 Å². The normalized spacial score (nSPS) is 25.5. The van der Waals surface area contributed by atoms with Crippen molar-refractivity contribution in [2.75, 3.05) is 13.1 Å². The number of β-amino-alcohol motifs (C(OH)–C–C–N with tert-alkyl or cyclic N) is 1. The lowest BCUT2D eigenvalue weighted by Gasteiger charge is -2.33. The second-order valence-corrected chi connectivity index (χ2v) is 7.52. The lowest BCUT2D eigenvalue weighted by Crippen LogP contribution is -2.45. The van der Waals surface area contributed by atoms with Gasteiger partial charge in [0.25, 0.3) is 0 Å². The van der Waals surface area contributed by atoms with Crippen LogP contribution in [0.5, 0.6) is 0 Å². The summed E-state index contributed by atoms with van der Waals surface area (Å²) >= 11 is 11.6. The molecule has 0 spiro atoms. The van der Waals surface area contributed by atoms with Crippen LogP contribution in [0.15, 0.2) is 23.1 Å². The summed E-state index contributed by atoms with van der Waals surface area (Å²) in [6, 6.07) is 4.22. The van der Waals surface area contributed by atoms with Crippen molar-refractivity contribution >= 4 is 33.2 Å². The fourth-order valence-electron chi connectivity index (χ4n) is 2.02. The number of hydrogen-bond donors (Lipinski definition) is 1. The number of piperidine rings is 1. The summed E-state index contributed by atoms with van der Waals surface area (Å²) in [6.45, 7) is 2.43. The van der Waals surface area contributed by atoms with Crippen LogP contribution in [-0.2, 0) is 10.0 Å². The van der Waals surface area contributed by atoms with E-state index in [1.54, 1.807) is 0 Å². The molecule has 1 aromatic carbocycles. The van der Waals surface area contributed by atoms with Crippen molar-refractivity contribution in [3.05, 3.63) is 28.2 Å². The summed E-state index contributed by atoms with van der Waals surface area (Å²) in [6.07, 6.45) is 0.00754. The molecule has 2 rings (SSSR count). The van der Waals surface area contributed by atoms with Crippen LogP contribution in [0, 0.1) is 5.92 Å². The molecule has 0 bridgehead atoms. The number of hydrogen-bond acceptors (Lipinski definition) is 3. The van der Waals surface area contributed by atoms with Crippen LogP contribution in [0.2, 0.25) is 10.0 Å². The van der Waals surface area contributed by atoms with Crippen molar-refractivity contribution in [3.63, 3.8) is 0 Å². The summed E-state index contributed by atoms with van der Waals surface area (Å²) in [5.74, 6) is 0.111. The number of halogens is 2. The van der Waals surface area contributed by atoms with E-state index in [4.69, 9.17) is 23.2 Å². The number of benzene rings is 1. The summed E-state index contributed by atoms with van der Waals surface area (Å²) < 4.78 is 26.1. The molecule has 0 amide bonds. The van der Waals surface area contributed by atoms with Gasteiger partial charge in [-0.2, -0.15) is 4.31 Å². The van der Waals surface area contributed by atoms with Gasteiger partial charge in [-0.05, 0) is 30.5 Å². The molecule has 1 N–H and O–H groups in total. The molecule has 19 heavy (non-hydrogen) atoms. The maximum atomic E-state index is 12.4. The van der Waals surface area contributed by atoms with E-state index in [2.05, 4.69) is 0 Å². The second-order valence-electron chi connectivity index (χ2n) is 4.77. The zero-order valence-corrected chi connectivity index (χ0v) is 12.7. The molecule has 0 radical (unpaired) electrons. The first-order valence-corrected chi connectivity index (χ1v) is 8.15. The monoisotopic (exact) mass is 323 g/mol. The van der Waals surface area contributed by atoms with Crippen LogP contribution in [0.4, 0.5) is 0 Å². The highest BCUT2D eigenvalue weighted by Gasteiger charge is 2.32. The molecular weight excluding hydrogens is 309 g/mol. The molecule has 106 valence electrons. The van der Waals surface area contributed by atoms with Crippen LogP contribution in [0.3, 0.4) is 0 Å². The molecule has 1 aliphatic rings. The predicted molar refractivity (Wildman–Crippen MR) is 75.0 cm³/mol. The Kier molecular flexibility index (Phi) is 4.42. The van der Waals surface area contributed by atoms with Crippen LogP contribution in [-0.4, -0.2) is 37.0 Å². The smallest absolute Gasteiger partial charge is 0.243 e. The minimum Gasteiger partial charge on any atom is -0.391 e. The summed E-state index contributed by atoms with van der Waals surface area (Å²) in [4.78, 5) is 0.101. The van der Waals surface area contributed by atoms with E-state index < -0.39 is 16.1 Å². The molecule has 4 nitrogen and oxygen atoms in total. The van der Waals surface area contributed by atoms with Crippen molar-refractivity contribution in [3.8, 4) is 0 Å². The van der Waals surface area contributed by atoms with Gasteiger partial charge in [-0.15, -0.1) is 0 Å². The third kappa shape index (κ3) is 3.06. The van der Waals surface area contributed by atoms with E-state index in [0.29, 0.717) is 18.0 Å². The molecule has 1 aromatic rings. The minimum absolute atomic E-state index is 0.101. The minimum atomic E-state index is -3.63. The van der Waals surface area contributed by atoms with Crippen LogP contribution >= 0.6 is 23.2 Å². The largest absolute Gasteiger partial charge is 0.391 e. The first-order valence-electron chi connectivity index (χ1n) is 5.95. The first kappa shape index (κ1) is 15.1. The third-order valence-electron chi connectivity index (χ3n) is 3.41. The van der Waals surface area contributed by atoms with Crippen molar-refractivity contribution in [2.24, 2.45) is 5.92 Å². The molecule has 1 aliphatic heterocycles. The van der Waals surface area contributed by atoms with Gasteiger partial charge in [0, 0.05) is 13.1 Å². The zero-order valence-electron chi connectivity index (χ0n) is 10.4. The van der Waals surface area contributed by atoms with Crippen LogP contribution < -0.4 is 0 Å². The maximum Gasteiger partial charge on any atom is 0.243 e. The molecule has 2 unspecified atom stereocenters. The molecule has 0 saturated carbocycles. The Morgan fingerprint density at radius 3 is 2.58 bits per heavy atom. The molecule has 1 fully saturated rings. The quantitative estimate of drug-likeness (QED) is 0.909. The molecule has 0 aromatic heterocycles. The fourth-order valence-corrected chi connectivity index (χ4v) is 3.89. The lowest BCUT2D eigenvalue weighted by molar-refractivity contribution is 0.0605. The number of rotatable bonds is 2. The van der Waals surface area contributed by atoms with Crippen molar-refractivity contribution in [1.29, 1.82) is 0 Å². The molecule has 1 heterocycles. The average Bonchev–Trinajstić information content (AvgIpc) is 2.35. The zero-order chi connectivity index (χ0) is 14.2. The molecule has 1 saturated heterocycles. The van der Waals surface area contributed by atoms with E-state index in [1.807, 2.05) is 6.92 Å². The van der Waals surface area contributed by atoms with Gasteiger partial charge in [0.05, 0.1) is 21.0 Å². The molecule has 0 aliphatic carbocycles. The van der Waals surface area contributed by atoms with Crippen molar-refractivity contribution < 1.29 is 13.5 Å². The second kappa shape index (κ2) is 5.58. The predicted octanol–water partition coefficient (Wildman–Crippen LogP) is 2.38. The van der Waals surface area contributed by atoms with E-state index in [9.17, 15) is 13.5 Å². The molecular formula is C12H15Cl2NO3S. The van der Waals surface area contributed by atoms with Crippen LogP contribution in [0.1, 0.15) is 13.3 Å². The Morgan fingerprint density at radius 1 is 1.32 bits per heavy atom. The van der Waals surface area contributed by atoms with Gasteiger partial charge in [0.2, 0.25) is 10.0 Å². The van der Waals surface area contributed by atoms with E-state index in [-0.39, 0.29) is 22.4 Å². The standard InChI is InChI=1S/C12H15Cl2NO3S/c1-8-4-5-15(7-12(8)16)19(17,18)9-2-3-10(13)11(14)6-9/h2-3,6,8,12,16H,4-5,7H2,1H3.